The number of rotatable bonds is 8. The van der Waals surface area contributed by atoms with Crippen molar-refractivity contribution >= 4 is 40.9 Å². The SMILES string of the molecule is Cc1ccc(Cl)cc1NC(=O)CSc1nccn1-c1ccc(C(=O)NCc2ccccc2)cc1. The average molecular weight is 491 g/mol. The van der Waals surface area contributed by atoms with Crippen molar-refractivity contribution in [1.82, 2.24) is 14.9 Å². The van der Waals surface area contributed by atoms with Crippen molar-refractivity contribution in [2.75, 3.05) is 11.1 Å². The molecule has 2 N–H and O–H groups in total. The summed E-state index contributed by atoms with van der Waals surface area (Å²) in [6.45, 7) is 2.39. The van der Waals surface area contributed by atoms with Gasteiger partial charge in [0.25, 0.3) is 5.91 Å². The van der Waals surface area contributed by atoms with E-state index in [1.807, 2.05) is 66.2 Å². The Balaban J connectivity index is 1.35. The third-order valence-electron chi connectivity index (χ3n) is 5.12. The Morgan fingerprint density at radius 1 is 1.03 bits per heavy atom. The second-order valence-electron chi connectivity index (χ2n) is 7.59. The maximum Gasteiger partial charge on any atom is 0.251 e. The van der Waals surface area contributed by atoms with E-state index in [9.17, 15) is 9.59 Å². The molecule has 0 bridgehead atoms. The van der Waals surface area contributed by atoms with E-state index in [1.54, 1.807) is 30.5 Å². The molecule has 6 nitrogen and oxygen atoms in total. The van der Waals surface area contributed by atoms with Crippen LogP contribution in [0.15, 0.2) is 90.3 Å². The van der Waals surface area contributed by atoms with Gasteiger partial charge in [0.05, 0.1) is 5.75 Å². The molecule has 4 aromatic rings. The van der Waals surface area contributed by atoms with Gasteiger partial charge in [-0.1, -0.05) is 59.8 Å². The van der Waals surface area contributed by atoms with E-state index < -0.39 is 0 Å². The zero-order chi connectivity index (χ0) is 23.9. The first kappa shape index (κ1) is 23.6. The molecule has 0 aliphatic heterocycles. The number of thioether (sulfide) groups is 1. The Bertz CT molecular complexity index is 1290. The number of aromatic nitrogens is 2. The van der Waals surface area contributed by atoms with Crippen LogP contribution in [0.5, 0.6) is 0 Å². The van der Waals surface area contributed by atoms with Crippen LogP contribution in [0.1, 0.15) is 21.5 Å². The molecule has 0 aliphatic carbocycles. The van der Waals surface area contributed by atoms with Crippen LogP contribution >= 0.6 is 23.4 Å². The minimum absolute atomic E-state index is 0.136. The summed E-state index contributed by atoms with van der Waals surface area (Å²) < 4.78 is 1.88. The van der Waals surface area contributed by atoms with Gasteiger partial charge in [0.15, 0.2) is 5.16 Å². The predicted octanol–water partition coefficient (Wildman–Crippen LogP) is 5.49. The Kier molecular flexibility index (Phi) is 7.67. The zero-order valence-corrected chi connectivity index (χ0v) is 20.1. The van der Waals surface area contributed by atoms with Crippen molar-refractivity contribution in [3.05, 3.63) is 107 Å². The third kappa shape index (κ3) is 6.07. The van der Waals surface area contributed by atoms with Gasteiger partial charge in [0.2, 0.25) is 5.91 Å². The molecule has 8 heteroatoms. The van der Waals surface area contributed by atoms with Gasteiger partial charge in [-0.05, 0) is 54.4 Å². The fourth-order valence-corrected chi connectivity index (χ4v) is 4.24. The molecular weight excluding hydrogens is 468 g/mol. The fraction of sp³-hybridized carbons (Fsp3) is 0.115. The molecule has 0 atom stereocenters. The van der Waals surface area contributed by atoms with Gasteiger partial charge >= 0.3 is 0 Å². The summed E-state index contributed by atoms with van der Waals surface area (Å²) in [4.78, 5) is 29.3. The molecule has 1 heterocycles. The predicted molar refractivity (Wildman–Crippen MR) is 137 cm³/mol. The number of carbonyl (C=O) groups is 2. The summed E-state index contributed by atoms with van der Waals surface area (Å²) in [5, 5.41) is 7.07. The van der Waals surface area contributed by atoms with Crippen LogP contribution in [0.2, 0.25) is 5.02 Å². The molecule has 0 spiro atoms. The molecule has 0 saturated heterocycles. The highest BCUT2D eigenvalue weighted by atomic mass is 35.5. The van der Waals surface area contributed by atoms with Crippen molar-refractivity contribution in [3.63, 3.8) is 0 Å². The third-order valence-corrected chi connectivity index (χ3v) is 6.32. The Hall–Kier alpha value is -3.55. The highest BCUT2D eigenvalue weighted by molar-refractivity contribution is 7.99. The first-order valence-electron chi connectivity index (χ1n) is 10.6. The number of nitrogens with one attached hydrogen (secondary N) is 2. The van der Waals surface area contributed by atoms with Crippen LogP contribution in [-0.4, -0.2) is 27.1 Å². The lowest BCUT2D eigenvalue weighted by atomic mass is 10.1. The van der Waals surface area contributed by atoms with E-state index in [0.29, 0.717) is 28.0 Å². The number of nitrogens with zero attached hydrogens (tertiary/aromatic N) is 2. The molecule has 0 unspecified atom stereocenters. The molecule has 0 aliphatic rings. The van der Waals surface area contributed by atoms with Crippen molar-refractivity contribution < 1.29 is 9.59 Å². The summed E-state index contributed by atoms with van der Waals surface area (Å²) in [7, 11) is 0. The second kappa shape index (κ2) is 11.0. The van der Waals surface area contributed by atoms with Crippen LogP contribution in [0.3, 0.4) is 0 Å². The number of anilines is 1. The van der Waals surface area contributed by atoms with Crippen LogP contribution in [0.25, 0.3) is 5.69 Å². The minimum atomic E-state index is -0.143. The van der Waals surface area contributed by atoms with Crippen LogP contribution in [-0.2, 0) is 11.3 Å². The van der Waals surface area contributed by atoms with Crippen molar-refractivity contribution in [1.29, 1.82) is 0 Å². The lowest BCUT2D eigenvalue weighted by Crippen LogP contribution is -2.22. The summed E-state index contributed by atoms with van der Waals surface area (Å²) >= 11 is 7.36. The molecule has 0 fully saturated rings. The number of halogens is 1. The van der Waals surface area contributed by atoms with Crippen LogP contribution in [0.4, 0.5) is 5.69 Å². The zero-order valence-electron chi connectivity index (χ0n) is 18.5. The number of hydrogen-bond donors (Lipinski definition) is 2. The Labute approximate surface area is 207 Å². The molecule has 2 amide bonds. The molecule has 3 aromatic carbocycles. The van der Waals surface area contributed by atoms with Gasteiger partial charge in [-0.3, -0.25) is 14.2 Å². The van der Waals surface area contributed by atoms with E-state index in [4.69, 9.17) is 11.6 Å². The summed E-state index contributed by atoms with van der Waals surface area (Å²) in [6, 6.07) is 22.4. The van der Waals surface area contributed by atoms with Gasteiger partial charge in [0.1, 0.15) is 0 Å². The largest absolute Gasteiger partial charge is 0.348 e. The molecule has 0 saturated carbocycles. The lowest BCUT2D eigenvalue weighted by Gasteiger charge is -2.10. The van der Waals surface area contributed by atoms with Gasteiger partial charge in [0, 0.05) is 40.9 Å². The molecule has 0 radical (unpaired) electrons. The molecule has 4 rings (SSSR count). The number of benzene rings is 3. The number of hydrogen-bond acceptors (Lipinski definition) is 4. The van der Waals surface area contributed by atoms with Crippen LogP contribution < -0.4 is 10.6 Å². The van der Waals surface area contributed by atoms with E-state index >= 15 is 0 Å². The quantitative estimate of drug-likeness (QED) is 0.320. The number of carbonyl (C=O) groups excluding carboxylic acids is 2. The van der Waals surface area contributed by atoms with Gasteiger partial charge in [-0.25, -0.2) is 4.98 Å². The fourth-order valence-electron chi connectivity index (χ4n) is 3.29. The van der Waals surface area contributed by atoms with E-state index in [1.165, 1.54) is 11.8 Å². The topological polar surface area (TPSA) is 76.0 Å². The Morgan fingerprint density at radius 2 is 1.79 bits per heavy atom. The van der Waals surface area contributed by atoms with E-state index in [0.717, 1.165) is 16.8 Å². The van der Waals surface area contributed by atoms with E-state index in [-0.39, 0.29) is 17.6 Å². The number of imidazole rings is 1. The first-order valence-corrected chi connectivity index (χ1v) is 12.0. The van der Waals surface area contributed by atoms with Gasteiger partial charge in [-0.15, -0.1) is 0 Å². The van der Waals surface area contributed by atoms with Gasteiger partial charge in [-0.2, -0.15) is 0 Å². The molecular formula is C26H23ClN4O2S. The van der Waals surface area contributed by atoms with Gasteiger partial charge < -0.3 is 10.6 Å². The highest BCUT2D eigenvalue weighted by Gasteiger charge is 2.12. The monoisotopic (exact) mass is 490 g/mol. The normalized spacial score (nSPS) is 10.6. The molecule has 34 heavy (non-hydrogen) atoms. The maximum absolute atomic E-state index is 12.5. The smallest absolute Gasteiger partial charge is 0.251 e. The second-order valence-corrected chi connectivity index (χ2v) is 8.97. The van der Waals surface area contributed by atoms with Crippen LogP contribution in [0, 0.1) is 6.92 Å². The highest BCUT2D eigenvalue weighted by Crippen LogP contribution is 2.23. The summed E-state index contributed by atoms with van der Waals surface area (Å²) in [6.07, 6.45) is 3.51. The number of aryl methyl sites for hydroxylation is 1. The summed E-state index contributed by atoms with van der Waals surface area (Å²) in [5.41, 5.74) is 4.11. The van der Waals surface area contributed by atoms with Crippen molar-refractivity contribution in [3.8, 4) is 5.69 Å². The standard InChI is InChI=1S/C26H23ClN4O2S/c1-18-7-10-21(27)15-23(18)30-24(32)17-34-26-28-13-14-31(26)22-11-8-20(9-12-22)25(33)29-16-19-5-3-2-4-6-19/h2-15H,16-17H2,1H3,(H,29,33)(H,30,32). The Morgan fingerprint density at radius 3 is 2.56 bits per heavy atom. The minimum Gasteiger partial charge on any atom is -0.348 e. The maximum atomic E-state index is 12.5. The molecule has 1 aromatic heterocycles. The first-order chi connectivity index (χ1) is 16.5. The van der Waals surface area contributed by atoms with Crippen molar-refractivity contribution in [2.24, 2.45) is 0 Å². The van der Waals surface area contributed by atoms with Crippen molar-refractivity contribution in [2.45, 2.75) is 18.6 Å². The average Bonchev–Trinajstić information content (AvgIpc) is 3.33. The lowest BCUT2D eigenvalue weighted by molar-refractivity contribution is -0.113. The summed E-state index contributed by atoms with van der Waals surface area (Å²) in [5.74, 6) is -0.0814. The number of amides is 2. The molecule has 172 valence electrons. The van der Waals surface area contributed by atoms with E-state index in [2.05, 4.69) is 15.6 Å².